The van der Waals surface area contributed by atoms with Gasteiger partial charge in [-0.3, -0.25) is 9.79 Å². The average molecular weight is 553 g/mol. The van der Waals surface area contributed by atoms with Gasteiger partial charge in [0.05, 0.1) is 37.5 Å². The Kier molecular flexibility index (Phi) is 7.87. The van der Waals surface area contributed by atoms with Crippen LogP contribution in [0, 0.1) is 24.1 Å². The molecule has 13 heteroatoms. The van der Waals surface area contributed by atoms with Crippen molar-refractivity contribution < 1.29 is 28.2 Å². The van der Waals surface area contributed by atoms with E-state index in [1.807, 2.05) is 0 Å². The molecule has 0 saturated carbocycles. The summed E-state index contributed by atoms with van der Waals surface area (Å²) in [5, 5.41) is 3.16. The number of amidine groups is 1. The van der Waals surface area contributed by atoms with Gasteiger partial charge in [-0.2, -0.15) is 0 Å². The number of aromatic nitrogens is 3. The van der Waals surface area contributed by atoms with Crippen LogP contribution in [-0.4, -0.2) is 57.6 Å². The molecule has 202 valence electrons. The molecule has 39 heavy (non-hydrogen) atoms. The van der Waals surface area contributed by atoms with Crippen molar-refractivity contribution in [2.75, 3.05) is 26.1 Å². The number of aliphatic imine (C=N–C) groups is 1. The number of hydrogen-bond acceptors (Lipinski definition) is 12. The topological polar surface area (TPSA) is 151 Å². The number of thioether (sulfide) groups is 1. The number of nitrogens with two attached hydrogens (primary N) is 1. The van der Waals surface area contributed by atoms with Crippen molar-refractivity contribution in [3.8, 4) is 18.2 Å². The summed E-state index contributed by atoms with van der Waals surface area (Å²) in [5.41, 5.74) is 6.89. The van der Waals surface area contributed by atoms with Gasteiger partial charge in [-0.1, -0.05) is 24.6 Å². The molecule has 11 nitrogen and oxygen atoms in total. The molecule has 1 aliphatic rings. The van der Waals surface area contributed by atoms with Gasteiger partial charge in [-0.15, -0.1) is 6.42 Å². The Morgan fingerprint density at radius 3 is 2.74 bits per heavy atom. The van der Waals surface area contributed by atoms with Crippen molar-refractivity contribution >= 4 is 51.4 Å². The molecule has 0 radical (unpaired) electrons. The number of methoxy groups -OCH3 is 2. The van der Waals surface area contributed by atoms with E-state index in [9.17, 15) is 9.59 Å². The Balaban J connectivity index is 1.81. The molecule has 3 N–H and O–H groups in total. The van der Waals surface area contributed by atoms with Gasteiger partial charge in [-0.25, -0.2) is 24.1 Å². The quantitative estimate of drug-likeness (QED) is 0.328. The lowest BCUT2D eigenvalue weighted by Gasteiger charge is -2.39. The number of carbonyl (C=O) groups excluding carboxylic acids is 2. The summed E-state index contributed by atoms with van der Waals surface area (Å²) in [7, 11) is 2.41. The summed E-state index contributed by atoms with van der Waals surface area (Å²) in [6.07, 6.45) is 8.13. The second-order valence-corrected chi connectivity index (χ2v) is 10.1. The Morgan fingerprint density at radius 1 is 1.28 bits per heavy atom. The Hall–Kier alpha value is -4.44. The second-order valence-electron chi connectivity index (χ2n) is 8.67. The highest BCUT2D eigenvalue weighted by atomic mass is 32.2. The van der Waals surface area contributed by atoms with Crippen LogP contribution in [0.2, 0.25) is 0 Å². The maximum atomic E-state index is 15.8. The van der Waals surface area contributed by atoms with Gasteiger partial charge in [0.2, 0.25) is 5.88 Å². The van der Waals surface area contributed by atoms with E-state index >= 15 is 4.39 Å². The van der Waals surface area contributed by atoms with Gasteiger partial charge in [0, 0.05) is 23.4 Å². The first kappa shape index (κ1) is 27.6. The predicted octanol–water partition coefficient (Wildman–Crippen LogP) is 3.38. The van der Waals surface area contributed by atoms with Gasteiger partial charge in [0.25, 0.3) is 0 Å². The van der Waals surface area contributed by atoms with Gasteiger partial charge in [0.1, 0.15) is 16.1 Å². The zero-order valence-electron chi connectivity index (χ0n) is 21.5. The lowest BCUT2D eigenvalue weighted by Crippen LogP contribution is -2.46. The summed E-state index contributed by atoms with van der Waals surface area (Å²) in [5.74, 6) is 0.0330. The predicted molar refractivity (Wildman–Crippen MR) is 144 cm³/mol. The third kappa shape index (κ3) is 5.28. The van der Waals surface area contributed by atoms with Crippen LogP contribution >= 0.6 is 11.8 Å². The zero-order valence-corrected chi connectivity index (χ0v) is 22.3. The maximum Gasteiger partial charge on any atom is 0.340 e. The van der Waals surface area contributed by atoms with E-state index in [0.717, 1.165) is 18.9 Å². The number of esters is 2. The van der Waals surface area contributed by atoms with E-state index in [2.05, 4.69) is 31.2 Å². The summed E-state index contributed by atoms with van der Waals surface area (Å²) in [6.45, 7) is 3.43. The maximum absolute atomic E-state index is 15.8. The minimum absolute atomic E-state index is 0.0302. The van der Waals surface area contributed by atoms with Crippen LogP contribution in [0.5, 0.6) is 5.88 Å². The van der Waals surface area contributed by atoms with Crippen molar-refractivity contribution in [1.82, 2.24) is 15.0 Å². The number of nitrogens with one attached hydrogen (secondary N) is 1. The van der Waals surface area contributed by atoms with Crippen LogP contribution in [-0.2, 0) is 14.3 Å². The van der Waals surface area contributed by atoms with E-state index in [-0.39, 0.29) is 34.6 Å². The molecule has 3 aromatic rings. The van der Waals surface area contributed by atoms with Crippen LogP contribution in [0.15, 0.2) is 35.6 Å². The Morgan fingerprint density at radius 2 is 2.05 bits per heavy atom. The molecule has 0 saturated heterocycles. The number of hydrogen-bond donors (Lipinski definition) is 2. The number of rotatable bonds is 7. The molecule has 1 unspecified atom stereocenters. The number of nitrogens with zero attached hydrogens (tertiary/aromatic N) is 4. The lowest BCUT2D eigenvalue weighted by atomic mass is 9.83. The number of anilines is 2. The number of fused-ring (bicyclic) bond motifs is 1. The normalized spacial score (nSPS) is 20.5. The third-order valence-electron chi connectivity index (χ3n) is 6.34. The number of terminal acetylenes is 1. The first-order valence-electron chi connectivity index (χ1n) is 11.6. The van der Waals surface area contributed by atoms with Crippen LogP contribution < -0.4 is 15.8 Å². The highest BCUT2D eigenvalue weighted by Gasteiger charge is 2.49. The second kappa shape index (κ2) is 11.1. The molecule has 1 aromatic carbocycles. The van der Waals surface area contributed by atoms with Crippen molar-refractivity contribution in [1.29, 1.82) is 0 Å². The Bertz CT molecular complexity index is 1530. The number of carbonyl (C=O) groups is 2. The molecule has 3 heterocycles. The average Bonchev–Trinajstić information content (AvgIpc) is 2.93. The van der Waals surface area contributed by atoms with Crippen molar-refractivity contribution in [3.05, 3.63) is 47.5 Å². The largest absolute Gasteiger partial charge is 0.468 e. The van der Waals surface area contributed by atoms with E-state index in [1.54, 1.807) is 19.9 Å². The number of pyridine rings is 1. The SMILES string of the molecule is C#CCOc1cnc2c(Nc3cc(C(=O)OC)c(F)c([C@@H]4N=C(N)S[C@](C)(C(=O)OC)C4C)c3)nccc2n1. The molecule has 0 bridgehead atoms. The molecule has 0 amide bonds. The van der Waals surface area contributed by atoms with Crippen LogP contribution in [0.25, 0.3) is 11.0 Å². The fourth-order valence-electron chi connectivity index (χ4n) is 4.19. The van der Waals surface area contributed by atoms with Crippen molar-refractivity contribution in [3.63, 3.8) is 0 Å². The molecule has 0 spiro atoms. The van der Waals surface area contributed by atoms with Gasteiger partial charge >= 0.3 is 11.9 Å². The molecule has 3 atom stereocenters. The fourth-order valence-corrected chi connectivity index (χ4v) is 5.27. The standard InChI is InChI=1S/C26H25FN6O5S/c1-6-9-38-18-12-30-21-17(32-18)7-8-29-22(21)31-14-10-15(19(27)16(11-14)23(34)36-4)20-13(2)26(3,24(35)37-5)39-25(28)33-20/h1,7-8,10-13,20H,9H2,2-5H3,(H2,28,33)(H,29,31)/t13?,20-,26+/m1/s1. The van der Waals surface area contributed by atoms with Crippen molar-refractivity contribution in [2.45, 2.75) is 24.6 Å². The number of ether oxygens (including phenoxy) is 3. The van der Waals surface area contributed by atoms with E-state index < -0.39 is 34.5 Å². The molecule has 2 aromatic heterocycles. The minimum Gasteiger partial charge on any atom is -0.468 e. The van der Waals surface area contributed by atoms with Gasteiger partial charge in [0.15, 0.2) is 17.6 Å². The summed E-state index contributed by atoms with van der Waals surface area (Å²) >= 11 is 1.04. The lowest BCUT2D eigenvalue weighted by molar-refractivity contribution is -0.144. The number of benzene rings is 1. The molecular weight excluding hydrogens is 527 g/mol. The van der Waals surface area contributed by atoms with Crippen LogP contribution in [0.1, 0.15) is 35.8 Å². The minimum atomic E-state index is -1.15. The van der Waals surface area contributed by atoms with Gasteiger partial charge in [-0.05, 0) is 25.1 Å². The number of halogens is 1. The molecule has 0 aliphatic carbocycles. The highest BCUT2D eigenvalue weighted by Crippen LogP contribution is 2.48. The fraction of sp³-hybridized carbons (Fsp3) is 0.308. The molecule has 0 fully saturated rings. The Labute approximate surface area is 227 Å². The third-order valence-corrected chi connectivity index (χ3v) is 7.62. The van der Waals surface area contributed by atoms with E-state index in [4.69, 9.17) is 26.4 Å². The first-order valence-corrected chi connectivity index (χ1v) is 12.4. The summed E-state index contributed by atoms with van der Waals surface area (Å²) < 4.78 is 29.8. The summed E-state index contributed by atoms with van der Waals surface area (Å²) in [6, 6.07) is 3.49. The molecule has 1 aliphatic heterocycles. The van der Waals surface area contributed by atoms with E-state index in [0.29, 0.717) is 16.7 Å². The zero-order chi connectivity index (χ0) is 28.3. The molecule has 4 rings (SSSR count). The van der Waals surface area contributed by atoms with Crippen molar-refractivity contribution in [2.24, 2.45) is 16.6 Å². The highest BCUT2D eigenvalue weighted by molar-refractivity contribution is 8.15. The van der Waals surface area contributed by atoms with Crippen LogP contribution in [0.3, 0.4) is 0 Å². The monoisotopic (exact) mass is 552 g/mol. The molecular formula is C26H25FN6O5S. The van der Waals surface area contributed by atoms with E-state index in [1.165, 1.54) is 31.6 Å². The van der Waals surface area contributed by atoms with Crippen LogP contribution in [0.4, 0.5) is 15.9 Å². The first-order chi connectivity index (χ1) is 18.6. The summed E-state index contributed by atoms with van der Waals surface area (Å²) in [4.78, 5) is 42.7. The van der Waals surface area contributed by atoms with Gasteiger partial charge < -0.3 is 25.3 Å². The smallest absolute Gasteiger partial charge is 0.340 e.